The van der Waals surface area contributed by atoms with E-state index in [2.05, 4.69) is 0 Å². The second-order valence-corrected chi connectivity index (χ2v) is 9.41. The van der Waals surface area contributed by atoms with Crippen molar-refractivity contribution in [2.24, 2.45) is 0 Å². The van der Waals surface area contributed by atoms with Crippen molar-refractivity contribution < 1.29 is 18.7 Å². The Bertz CT molecular complexity index is 446. The summed E-state index contributed by atoms with van der Waals surface area (Å²) in [5, 5.41) is 0. The fourth-order valence-corrected chi connectivity index (χ4v) is 3.51. The third-order valence-electron chi connectivity index (χ3n) is 4.46. The Morgan fingerprint density at radius 2 is 1.12 bits per heavy atom. The predicted molar refractivity (Wildman–Crippen MR) is 116 cm³/mol. The highest BCUT2D eigenvalue weighted by molar-refractivity contribution is 8.00. The minimum atomic E-state index is -0.453. The molecule has 0 saturated carbocycles. The number of hydrogen-bond acceptors (Lipinski definition) is 6. The number of methoxy groups -OCH3 is 2. The van der Waals surface area contributed by atoms with Gasteiger partial charge in [0.15, 0.2) is 5.53 Å². The summed E-state index contributed by atoms with van der Waals surface area (Å²) in [6, 6.07) is 0. The monoisotopic (exact) mass is 426 g/mol. The normalized spacial score (nSPS) is 17.6. The van der Waals surface area contributed by atoms with Crippen LogP contribution in [-0.2, 0) is 34.7 Å². The van der Waals surface area contributed by atoms with Crippen LogP contribution in [0.2, 0.25) is 0 Å². The number of thiocarbonyl (C=S) groups is 2. The summed E-state index contributed by atoms with van der Waals surface area (Å²) in [6.45, 7) is 14.2. The van der Waals surface area contributed by atoms with E-state index in [4.69, 9.17) is 64.7 Å². The van der Waals surface area contributed by atoms with Crippen molar-refractivity contribution in [3.63, 3.8) is 0 Å². The molecule has 0 saturated heterocycles. The van der Waals surface area contributed by atoms with Crippen molar-refractivity contribution >= 4 is 58.3 Å². The van der Waals surface area contributed by atoms with Gasteiger partial charge in [0, 0.05) is 14.2 Å². The molecule has 147 valence electrons. The number of ether oxygens (including phenoxy) is 2. The summed E-state index contributed by atoms with van der Waals surface area (Å²) < 4.78 is 12.1. The molecule has 0 aliphatic carbocycles. The molecular weight excluding hydrogens is 394 g/mol. The van der Waals surface area contributed by atoms with Gasteiger partial charge in [-0.3, -0.25) is 0 Å². The molecule has 0 fully saturated rings. The first-order valence-corrected chi connectivity index (χ1v) is 9.91. The van der Waals surface area contributed by atoms with Crippen LogP contribution in [0.4, 0.5) is 0 Å². The van der Waals surface area contributed by atoms with E-state index in [0.717, 1.165) is 0 Å². The third kappa shape index (κ3) is 6.82. The Labute approximate surface area is 175 Å². The van der Waals surface area contributed by atoms with Crippen molar-refractivity contribution in [2.75, 3.05) is 40.4 Å². The van der Waals surface area contributed by atoms with E-state index in [1.54, 1.807) is 14.2 Å². The lowest BCUT2D eigenvalue weighted by Gasteiger charge is -2.48. The van der Waals surface area contributed by atoms with E-state index in [9.17, 15) is 0 Å². The number of quaternary nitrogens is 2. The molecule has 9 heteroatoms. The van der Waals surface area contributed by atoms with Crippen molar-refractivity contribution in [3.05, 3.63) is 0 Å². The van der Waals surface area contributed by atoms with Crippen LogP contribution >= 0.6 is 24.4 Å². The SMILES string of the molecule is CC[N+](CC(C)(C)OC)([N][N+](CC)(CC(C)(C)OC)C(=S)[S-])C(=S)[S-]. The van der Waals surface area contributed by atoms with Crippen LogP contribution in [0.15, 0.2) is 0 Å². The van der Waals surface area contributed by atoms with E-state index in [1.165, 1.54) is 0 Å². The van der Waals surface area contributed by atoms with E-state index < -0.39 is 11.2 Å². The molecule has 0 aromatic rings. The van der Waals surface area contributed by atoms with Crippen molar-refractivity contribution in [1.29, 1.82) is 0 Å². The molecule has 5 nitrogen and oxygen atoms in total. The zero-order valence-electron chi connectivity index (χ0n) is 16.6. The minimum Gasteiger partial charge on any atom is -0.373 e. The van der Waals surface area contributed by atoms with Crippen LogP contribution in [-0.4, -0.2) is 69.4 Å². The van der Waals surface area contributed by atoms with E-state index in [1.807, 2.05) is 41.5 Å². The summed E-state index contributed by atoms with van der Waals surface area (Å²) in [6.07, 6.45) is 0. The Morgan fingerprint density at radius 3 is 1.28 bits per heavy atom. The molecule has 0 aliphatic rings. The summed E-state index contributed by atoms with van der Waals surface area (Å²) in [4.78, 5) is 0. The van der Waals surface area contributed by atoms with Gasteiger partial charge in [0.1, 0.15) is 37.4 Å². The molecule has 2 unspecified atom stereocenters. The molecule has 0 rings (SSSR count). The molecule has 0 amide bonds. The molecule has 0 bridgehead atoms. The van der Waals surface area contributed by atoms with Gasteiger partial charge in [-0.05, 0) is 41.5 Å². The number of likely N-dealkylation sites (N-methyl/N-ethyl adjacent to an activating group) is 2. The lowest BCUT2D eigenvalue weighted by molar-refractivity contribution is -1.09. The quantitative estimate of drug-likeness (QED) is 0.231. The van der Waals surface area contributed by atoms with E-state index >= 15 is 0 Å². The summed E-state index contributed by atoms with van der Waals surface area (Å²) in [5.74, 6) is 0. The van der Waals surface area contributed by atoms with Crippen LogP contribution in [0.5, 0.6) is 0 Å². The molecule has 2 atom stereocenters. The fourth-order valence-electron chi connectivity index (χ4n) is 2.59. The number of nitrogens with zero attached hydrogens (tertiary/aromatic N) is 3. The Morgan fingerprint density at radius 1 is 0.840 bits per heavy atom. The average molecular weight is 427 g/mol. The van der Waals surface area contributed by atoms with Gasteiger partial charge in [-0.1, -0.05) is 0 Å². The standard InChI is InChI=1S/C16H34N3O2S4/c1-9-18(13(22)23,11-15(3,4)20-7)17-19(10-2,14(24)25)12-16(5,6)21-8/h9-12H2,1-8H3,(H,22,23)(H,24,25)/q+2/p-2. The molecule has 0 aliphatic heterocycles. The summed E-state index contributed by atoms with van der Waals surface area (Å²) in [7, 11) is 3.34. The molecular formula is C16H32N3O2S4. The zero-order chi connectivity index (χ0) is 20.1. The lowest BCUT2D eigenvalue weighted by atomic mass is 10.1. The number of rotatable bonds is 10. The first kappa shape index (κ1) is 25.4. The van der Waals surface area contributed by atoms with Gasteiger partial charge in [0.05, 0.1) is 8.64 Å². The zero-order valence-corrected chi connectivity index (χ0v) is 19.9. The van der Waals surface area contributed by atoms with Gasteiger partial charge in [-0.2, -0.15) is 9.18 Å². The fraction of sp³-hybridized carbons (Fsp3) is 0.875. The topological polar surface area (TPSA) is 32.6 Å². The van der Waals surface area contributed by atoms with Gasteiger partial charge in [0.2, 0.25) is 0 Å². The number of hydrogen-bond donors (Lipinski definition) is 0. The molecule has 0 aromatic carbocycles. The molecule has 25 heavy (non-hydrogen) atoms. The van der Waals surface area contributed by atoms with Crippen LogP contribution in [0.3, 0.4) is 0 Å². The second-order valence-electron chi connectivity index (χ2n) is 7.34. The second kappa shape index (κ2) is 9.57. The smallest absolute Gasteiger partial charge is 0.189 e. The first-order valence-electron chi connectivity index (χ1n) is 8.27. The summed E-state index contributed by atoms with van der Waals surface area (Å²) in [5.41, 5.74) is 4.16. The van der Waals surface area contributed by atoms with Crippen LogP contribution in [0.25, 0.3) is 0 Å². The van der Waals surface area contributed by atoms with Crippen molar-refractivity contribution in [1.82, 2.24) is 5.53 Å². The molecule has 0 heterocycles. The lowest BCUT2D eigenvalue weighted by Crippen LogP contribution is -2.74. The highest BCUT2D eigenvalue weighted by atomic mass is 32.1. The molecule has 0 N–H and O–H groups in total. The van der Waals surface area contributed by atoms with E-state index in [0.29, 0.717) is 34.8 Å². The molecule has 0 aromatic heterocycles. The van der Waals surface area contributed by atoms with Crippen LogP contribution < -0.4 is 5.53 Å². The predicted octanol–water partition coefficient (Wildman–Crippen LogP) is 2.61. The van der Waals surface area contributed by atoms with Crippen molar-refractivity contribution in [3.8, 4) is 0 Å². The Balaban J connectivity index is 6.08. The van der Waals surface area contributed by atoms with Gasteiger partial charge >= 0.3 is 0 Å². The Hall–Kier alpha value is 0.420. The van der Waals surface area contributed by atoms with Gasteiger partial charge in [0.25, 0.3) is 0 Å². The maximum atomic E-state index is 5.60. The Kier molecular flexibility index (Phi) is 9.73. The highest BCUT2D eigenvalue weighted by Gasteiger charge is 2.48. The maximum absolute atomic E-state index is 5.60. The van der Waals surface area contributed by atoms with Crippen molar-refractivity contribution in [2.45, 2.75) is 52.7 Å². The van der Waals surface area contributed by atoms with Gasteiger partial charge in [-0.15, -0.1) is 0 Å². The van der Waals surface area contributed by atoms with Crippen LogP contribution in [0.1, 0.15) is 41.5 Å². The highest BCUT2D eigenvalue weighted by Crippen LogP contribution is 2.24. The van der Waals surface area contributed by atoms with Gasteiger partial charge in [-0.25, -0.2) is 0 Å². The van der Waals surface area contributed by atoms with Gasteiger partial charge < -0.3 is 59.2 Å². The molecule has 0 spiro atoms. The van der Waals surface area contributed by atoms with Crippen LogP contribution in [0, 0.1) is 0 Å². The maximum Gasteiger partial charge on any atom is 0.189 e. The first-order chi connectivity index (χ1) is 11.3. The minimum absolute atomic E-state index is 0.0793. The molecule has 1 radical (unpaired) electrons. The van der Waals surface area contributed by atoms with E-state index in [-0.39, 0.29) is 9.18 Å². The summed E-state index contributed by atoms with van der Waals surface area (Å²) >= 11 is 21.7. The average Bonchev–Trinajstić information content (AvgIpc) is 2.52. The largest absolute Gasteiger partial charge is 0.373 e. The third-order valence-corrected chi connectivity index (χ3v) is 5.82.